The SMILES string of the molecule is CCOC(=O)C(=O)/C=C(\[O-])c1cc(F)cc(OC(F)(F)F)c1.[Li+]. The molecule has 0 spiro atoms. The van der Waals surface area contributed by atoms with E-state index in [4.69, 9.17) is 0 Å². The topological polar surface area (TPSA) is 75.7 Å². The first-order valence-electron chi connectivity index (χ1n) is 5.79. The van der Waals surface area contributed by atoms with Gasteiger partial charge in [-0.15, -0.1) is 13.2 Å². The summed E-state index contributed by atoms with van der Waals surface area (Å²) in [6.07, 6.45) is -4.78. The molecule has 0 radical (unpaired) electrons. The third-order valence-corrected chi connectivity index (χ3v) is 2.13. The van der Waals surface area contributed by atoms with E-state index in [9.17, 15) is 32.3 Å². The molecule has 0 saturated heterocycles. The average Bonchev–Trinajstić information content (AvgIpc) is 2.35. The third-order valence-electron chi connectivity index (χ3n) is 2.13. The van der Waals surface area contributed by atoms with E-state index in [0.717, 1.165) is 0 Å². The monoisotopic (exact) mass is 328 g/mol. The number of carbonyl (C=O) groups excluding carboxylic acids is 2. The molecule has 0 bridgehead atoms. The molecule has 1 rings (SSSR count). The molecule has 1 aromatic carbocycles. The average molecular weight is 328 g/mol. The summed E-state index contributed by atoms with van der Waals surface area (Å²) in [5, 5.41) is 11.6. The molecule has 0 heterocycles. The number of esters is 1. The number of alkyl halides is 3. The molecule has 0 saturated carbocycles. The van der Waals surface area contributed by atoms with Gasteiger partial charge in [-0.3, -0.25) is 4.79 Å². The van der Waals surface area contributed by atoms with Gasteiger partial charge in [0.25, 0.3) is 5.78 Å². The summed E-state index contributed by atoms with van der Waals surface area (Å²) in [7, 11) is 0. The van der Waals surface area contributed by atoms with Gasteiger partial charge in [0.2, 0.25) is 0 Å². The first-order valence-corrected chi connectivity index (χ1v) is 5.79. The number of carbonyl (C=O) groups is 2. The zero-order chi connectivity index (χ0) is 16.9. The second-order valence-electron chi connectivity index (χ2n) is 3.82. The number of hydrogen-bond acceptors (Lipinski definition) is 5. The Balaban J connectivity index is 0.00000484. The molecule has 10 heteroatoms. The Kier molecular flexibility index (Phi) is 7.86. The van der Waals surface area contributed by atoms with Crippen LogP contribution in [-0.2, 0) is 14.3 Å². The smallest absolute Gasteiger partial charge is 0.872 e. The first-order chi connectivity index (χ1) is 10.1. The fourth-order valence-corrected chi connectivity index (χ4v) is 1.36. The van der Waals surface area contributed by atoms with E-state index in [0.29, 0.717) is 24.3 Å². The van der Waals surface area contributed by atoms with Gasteiger partial charge >= 0.3 is 31.2 Å². The molecule has 0 N–H and O–H groups in total. The van der Waals surface area contributed by atoms with Crippen LogP contribution in [-0.4, -0.2) is 24.7 Å². The molecule has 0 atom stereocenters. The molecule has 0 aliphatic rings. The van der Waals surface area contributed by atoms with Crippen molar-refractivity contribution in [3.63, 3.8) is 0 Å². The maximum atomic E-state index is 13.2. The van der Waals surface area contributed by atoms with E-state index in [1.165, 1.54) is 6.92 Å². The van der Waals surface area contributed by atoms with E-state index >= 15 is 0 Å². The number of hydrogen-bond donors (Lipinski definition) is 0. The van der Waals surface area contributed by atoms with Crippen molar-refractivity contribution in [2.45, 2.75) is 13.3 Å². The molecule has 0 fully saturated rings. The number of halogens is 4. The van der Waals surface area contributed by atoms with Crippen molar-refractivity contribution in [1.82, 2.24) is 0 Å². The molecule has 0 aliphatic carbocycles. The van der Waals surface area contributed by atoms with Crippen molar-refractivity contribution in [2.75, 3.05) is 6.61 Å². The Morgan fingerprint density at radius 2 is 1.87 bits per heavy atom. The zero-order valence-electron chi connectivity index (χ0n) is 12.1. The van der Waals surface area contributed by atoms with Crippen molar-refractivity contribution in [3.8, 4) is 5.75 Å². The Bertz CT molecular complexity index is 613. The van der Waals surface area contributed by atoms with Crippen molar-refractivity contribution in [3.05, 3.63) is 35.7 Å². The van der Waals surface area contributed by atoms with E-state index in [1.54, 1.807) is 0 Å². The number of benzene rings is 1. The molecular formula is C13H9F4LiO5. The predicted octanol–water partition coefficient (Wildman–Crippen LogP) is -1.44. The standard InChI is InChI=1S/C13H10F4O5.Li/c1-2-21-12(20)11(19)6-10(18)7-3-8(14)5-9(4-7)22-13(15,16)17;/h3-6,18H,2H2,1H3;/q;+1/p-1/b10-6-;. The zero-order valence-corrected chi connectivity index (χ0v) is 12.1. The number of ketones is 1. The van der Waals surface area contributed by atoms with Crippen LogP contribution in [0.3, 0.4) is 0 Å². The van der Waals surface area contributed by atoms with Gasteiger partial charge in [0.15, 0.2) is 0 Å². The molecule has 1 aromatic rings. The summed E-state index contributed by atoms with van der Waals surface area (Å²) in [6.45, 7) is 1.33. The van der Waals surface area contributed by atoms with Gasteiger partial charge in [-0.2, -0.15) is 0 Å². The van der Waals surface area contributed by atoms with Gasteiger partial charge in [-0.25, -0.2) is 9.18 Å². The first kappa shape index (κ1) is 21.0. The van der Waals surface area contributed by atoms with Gasteiger partial charge in [-0.1, -0.05) is 5.76 Å². The minimum atomic E-state index is -5.07. The Hall–Kier alpha value is -1.98. The molecule has 0 aromatic heterocycles. The minimum absolute atomic E-state index is 0. The largest absolute Gasteiger partial charge is 1.00 e. The molecule has 120 valence electrons. The fraction of sp³-hybridized carbons (Fsp3) is 0.231. The van der Waals surface area contributed by atoms with Crippen LogP contribution in [0.25, 0.3) is 5.76 Å². The van der Waals surface area contributed by atoms with Crippen molar-refractivity contribution < 1.29 is 60.6 Å². The molecular weight excluding hydrogens is 319 g/mol. The van der Waals surface area contributed by atoms with Crippen molar-refractivity contribution in [1.29, 1.82) is 0 Å². The molecule has 5 nitrogen and oxygen atoms in total. The van der Waals surface area contributed by atoms with Crippen molar-refractivity contribution >= 4 is 17.5 Å². The Morgan fingerprint density at radius 1 is 1.26 bits per heavy atom. The maximum Gasteiger partial charge on any atom is 1.00 e. The van der Waals surface area contributed by atoms with Gasteiger partial charge in [0.1, 0.15) is 11.6 Å². The Labute approximate surface area is 140 Å². The second kappa shape index (κ2) is 8.60. The number of ether oxygens (including phenoxy) is 2. The molecule has 0 amide bonds. The summed E-state index contributed by atoms with van der Waals surface area (Å²) < 4.78 is 57.2. The molecule has 0 unspecified atom stereocenters. The maximum absolute atomic E-state index is 13.2. The quantitative estimate of drug-likeness (QED) is 0.165. The predicted molar refractivity (Wildman–Crippen MR) is 62.7 cm³/mol. The van der Waals surface area contributed by atoms with Crippen LogP contribution in [0.15, 0.2) is 24.3 Å². The van der Waals surface area contributed by atoms with Gasteiger partial charge in [0.05, 0.1) is 6.61 Å². The van der Waals surface area contributed by atoms with E-state index in [-0.39, 0.29) is 25.5 Å². The van der Waals surface area contributed by atoms with Crippen LogP contribution in [0, 0.1) is 5.82 Å². The molecule has 0 aliphatic heterocycles. The van der Waals surface area contributed by atoms with Gasteiger partial charge in [-0.05, 0) is 30.7 Å². The minimum Gasteiger partial charge on any atom is -0.872 e. The van der Waals surface area contributed by atoms with Crippen LogP contribution >= 0.6 is 0 Å². The van der Waals surface area contributed by atoms with E-state index in [1.807, 2.05) is 0 Å². The van der Waals surface area contributed by atoms with Crippen molar-refractivity contribution in [2.24, 2.45) is 0 Å². The Morgan fingerprint density at radius 3 is 2.39 bits per heavy atom. The van der Waals surface area contributed by atoms with Crippen LogP contribution in [0.2, 0.25) is 0 Å². The summed E-state index contributed by atoms with van der Waals surface area (Å²) in [4.78, 5) is 22.3. The van der Waals surface area contributed by atoms with Gasteiger partial charge in [0, 0.05) is 6.07 Å². The fourth-order valence-electron chi connectivity index (χ4n) is 1.36. The summed E-state index contributed by atoms with van der Waals surface area (Å²) in [5.74, 6) is -5.92. The molecule has 23 heavy (non-hydrogen) atoms. The van der Waals surface area contributed by atoms with E-state index < -0.39 is 41.0 Å². The van der Waals surface area contributed by atoms with Crippen LogP contribution < -0.4 is 28.7 Å². The summed E-state index contributed by atoms with van der Waals surface area (Å²) in [5.41, 5.74) is -0.586. The summed E-state index contributed by atoms with van der Waals surface area (Å²) in [6, 6.07) is 1.60. The summed E-state index contributed by atoms with van der Waals surface area (Å²) >= 11 is 0. The number of rotatable bonds is 5. The normalized spacial score (nSPS) is 11.4. The van der Waals surface area contributed by atoms with E-state index in [2.05, 4.69) is 9.47 Å². The van der Waals surface area contributed by atoms with Gasteiger partial charge < -0.3 is 14.6 Å². The second-order valence-corrected chi connectivity index (χ2v) is 3.82. The van der Waals surface area contributed by atoms with Crippen LogP contribution in [0.1, 0.15) is 12.5 Å². The van der Waals surface area contributed by atoms with Crippen LogP contribution in [0.5, 0.6) is 5.75 Å². The third kappa shape index (κ3) is 7.21. The van der Waals surface area contributed by atoms with Crippen LogP contribution in [0.4, 0.5) is 17.6 Å².